The van der Waals surface area contributed by atoms with Crippen LogP contribution in [-0.2, 0) is 9.84 Å². The van der Waals surface area contributed by atoms with Crippen LogP contribution in [0.5, 0.6) is 0 Å². The van der Waals surface area contributed by atoms with Gasteiger partial charge < -0.3 is 10.4 Å². The molecule has 1 aromatic heterocycles. The number of carboxylic acids is 1. The van der Waals surface area contributed by atoms with Gasteiger partial charge in [0.2, 0.25) is 0 Å². The van der Waals surface area contributed by atoms with Crippen molar-refractivity contribution < 1.29 is 18.3 Å². The summed E-state index contributed by atoms with van der Waals surface area (Å²) < 4.78 is 27.0. The van der Waals surface area contributed by atoms with E-state index in [0.29, 0.717) is 17.1 Å². The molecule has 1 atom stereocenters. The van der Waals surface area contributed by atoms with E-state index in [4.69, 9.17) is 5.11 Å². The van der Waals surface area contributed by atoms with Crippen LogP contribution in [0.15, 0.2) is 0 Å². The number of aromatic nitrogens is 1. The highest BCUT2D eigenvalue weighted by Gasteiger charge is 2.27. The van der Waals surface area contributed by atoms with Gasteiger partial charge in [0.05, 0.1) is 17.2 Å². The summed E-state index contributed by atoms with van der Waals surface area (Å²) in [4.78, 5) is 11.1. The quantitative estimate of drug-likeness (QED) is 0.866. The van der Waals surface area contributed by atoms with E-state index in [1.165, 1.54) is 0 Å². The Morgan fingerprint density at radius 2 is 2.28 bits per heavy atom. The zero-order valence-corrected chi connectivity index (χ0v) is 11.5. The fourth-order valence-electron chi connectivity index (χ4n) is 2.04. The second-order valence-electron chi connectivity index (χ2n) is 4.38. The lowest BCUT2D eigenvalue weighted by atomic mass is 10.2. The van der Waals surface area contributed by atoms with E-state index < -0.39 is 15.8 Å². The highest BCUT2D eigenvalue weighted by atomic mass is 32.2. The highest BCUT2D eigenvalue weighted by Crippen LogP contribution is 2.27. The summed E-state index contributed by atoms with van der Waals surface area (Å²) in [7, 11) is -3.00. The van der Waals surface area contributed by atoms with Crippen molar-refractivity contribution in [1.29, 1.82) is 0 Å². The van der Waals surface area contributed by atoms with Crippen LogP contribution in [0.4, 0.5) is 5.00 Å². The molecule has 0 spiro atoms. The van der Waals surface area contributed by atoms with Gasteiger partial charge in [0, 0.05) is 6.04 Å². The van der Waals surface area contributed by atoms with Gasteiger partial charge in [-0.25, -0.2) is 13.2 Å². The van der Waals surface area contributed by atoms with Crippen LogP contribution in [0.1, 0.15) is 28.9 Å². The van der Waals surface area contributed by atoms with Crippen LogP contribution < -0.4 is 5.32 Å². The molecule has 2 rings (SSSR count). The average molecular weight is 290 g/mol. The standard InChI is InChI=1S/C10H14N2O4S2/c1-6-8(10(13)14)9(17-12-6)11-7-3-2-4-18(15,16)5-7/h7,11H,2-5H2,1H3,(H,13,14). The van der Waals surface area contributed by atoms with E-state index in [-0.39, 0.29) is 23.1 Å². The zero-order valence-electron chi connectivity index (χ0n) is 9.84. The Bertz CT molecular complexity index is 564. The Labute approximate surface area is 109 Å². The minimum Gasteiger partial charge on any atom is -0.478 e. The van der Waals surface area contributed by atoms with E-state index >= 15 is 0 Å². The largest absolute Gasteiger partial charge is 0.478 e. The predicted octanol–water partition coefficient (Wildman–Crippen LogP) is 1.14. The maximum Gasteiger partial charge on any atom is 0.340 e. The number of nitrogens with one attached hydrogen (secondary N) is 1. The van der Waals surface area contributed by atoms with Gasteiger partial charge in [0.25, 0.3) is 0 Å². The van der Waals surface area contributed by atoms with Crippen molar-refractivity contribution in [3.05, 3.63) is 11.3 Å². The zero-order chi connectivity index (χ0) is 13.3. The topological polar surface area (TPSA) is 96.4 Å². The summed E-state index contributed by atoms with van der Waals surface area (Å²) in [6.45, 7) is 1.63. The van der Waals surface area contributed by atoms with Crippen LogP contribution in [-0.4, -0.2) is 41.4 Å². The number of rotatable bonds is 3. The van der Waals surface area contributed by atoms with Crippen molar-refractivity contribution in [2.75, 3.05) is 16.8 Å². The normalized spacial score (nSPS) is 22.6. The number of hydrogen-bond acceptors (Lipinski definition) is 6. The van der Waals surface area contributed by atoms with Crippen molar-refractivity contribution in [3.8, 4) is 0 Å². The molecule has 1 aliphatic rings. The highest BCUT2D eigenvalue weighted by molar-refractivity contribution is 7.91. The molecule has 0 radical (unpaired) electrons. The van der Waals surface area contributed by atoms with Crippen LogP contribution in [0.25, 0.3) is 0 Å². The molecule has 0 bridgehead atoms. The Morgan fingerprint density at radius 1 is 1.56 bits per heavy atom. The van der Waals surface area contributed by atoms with Gasteiger partial charge in [0.1, 0.15) is 10.6 Å². The number of hydrogen-bond donors (Lipinski definition) is 2. The lowest BCUT2D eigenvalue weighted by Crippen LogP contribution is -2.34. The molecule has 0 saturated carbocycles. The van der Waals surface area contributed by atoms with E-state index in [0.717, 1.165) is 18.0 Å². The Kier molecular flexibility index (Phi) is 3.58. The molecule has 8 heteroatoms. The molecular weight excluding hydrogens is 276 g/mol. The molecule has 2 N–H and O–H groups in total. The molecule has 1 aliphatic heterocycles. The number of anilines is 1. The molecule has 1 fully saturated rings. The van der Waals surface area contributed by atoms with E-state index in [2.05, 4.69) is 9.69 Å². The monoisotopic (exact) mass is 290 g/mol. The van der Waals surface area contributed by atoms with Crippen molar-refractivity contribution in [3.63, 3.8) is 0 Å². The Morgan fingerprint density at radius 3 is 2.89 bits per heavy atom. The number of aromatic carboxylic acids is 1. The van der Waals surface area contributed by atoms with Crippen LogP contribution in [0, 0.1) is 6.92 Å². The van der Waals surface area contributed by atoms with Gasteiger partial charge in [-0.1, -0.05) is 0 Å². The number of aryl methyl sites for hydroxylation is 1. The molecule has 1 saturated heterocycles. The molecule has 1 unspecified atom stereocenters. The number of carbonyl (C=O) groups is 1. The summed E-state index contributed by atoms with van der Waals surface area (Å²) in [5, 5.41) is 12.5. The third kappa shape index (κ3) is 2.81. The SMILES string of the molecule is Cc1nsc(NC2CCCS(=O)(=O)C2)c1C(=O)O. The average Bonchev–Trinajstić information content (AvgIpc) is 2.58. The predicted molar refractivity (Wildman–Crippen MR) is 69.1 cm³/mol. The van der Waals surface area contributed by atoms with Gasteiger partial charge in [0.15, 0.2) is 9.84 Å². The van der Waals surface area contributed by atoms with Crippen molar-refractivity contribution in [2.24, 2.45) is 0 Å². The Balaban J connectivity index is 2.17. The fourth-order valence-corrected chi connectivity index (χ4v) is 4.54. The summed E-state index contributed by atoms with van der Waals surface area (Å²) in [6.07, 6.45) is 1.34. The second kappa shape index (κ2) is 4.85. The van der Waals surface area contributed by atoms with Gasteiger partial charge in [-0.15, -0.1) is 0 Å². The number of carboxylic acid groups (broad SMARTS) is 1. The summed E-state index contributed by atoms with van der Waals surface area (Å²) in [5.74, 6) is -0.760. The van der Waals surface area contributed by atoms with Gasteiger partial charge in [-0.2, -0.15) is 4.37 Å². The lowest BCUT2D eigenvalue weighted by Gasteiger charge is -2.23. The first-order valence-corrected chi connectivity index (χ1v) is 8.15. The van der Waals surface area contributed by atoms with Crippen LogP contribution >= 0.6 is 11.5 Å². The van der Waals surface area contributed by atoms with Crippen molar-refractivity contribution in [1.82, 2.24) is 4.37 Å². The molecule has 1 aromatic rings. The summed E-state index contributed by atoms with van der Waals surface area (Å²) in [5.41, 5.74) is 0.594. The smallest absolute Gasteiger partial charge is 0.340 e. The van der Waals surface area contributed by atoms with Crippen LogP contribution in [0.2, 0.25) is 0 Å². The maximum atomic E-state index is 11.5. The lowest BCUT2D eigenvalue weighted by molar-refractivity contribution is 0.0697. The minimum absolute atomic E-state index is 0.0585. The van der Waals surface area contributed by atoms with Gasteiger partial charge in [-0.05, 0) is 31.3 Å². The minimum atomic E-state index is -3.00. The molecule has 0 amide bonds. The third-order valence-corrected chi connectivity index (χ3v) is 5.57. The molecule has 2 heterocycles. The molecule has 0 aliphatic carbocycles. The van der Waals surface area contributed by atoms with Gasteiger partial charge >= 0.3 is 5.97 Å². The van der Waals surface area contributed by atoms with E-state index in [9.17, 15) is 13.2 Å². The van der Waals surface area contributed by atoms with Gasteiger partial charge in [-0.3, -0.25) is 0 Å². The molecule has 6 nitrogen and oxygen atoms in total. The second-order valence-corrected chi connectivity index (χ2v) is 7.38. The maximum absolute atomic E-state index is 11.5. The molecule has 18 heavy (non-hydrogen) atoms. The molecular formula is C10H14N2O4S2. The summed E-state index contributed by atoms with van der Waals surface area (Å²) in [6, 6.07) is -0.221. The third-order valence-electron chi connectivity index (χ3n) is 2.87. The number of sulfone groups is 1. The first-order valence-electron chi connectivity index (χ1n) is 5.55. The van der Waals surface area contributed by atoms with Crippen molar-refractivity contribution >= 4 is 32.3 Å². The Hall–Kier alpha value is -1.15. The van der Waals surface area contributed by atoms with E-state index in [1.807, 2.05) is 0 Å². The molecule has 0 aromatic carbocycles. The van der Waals surface area contributed by atoms with E-state index in [1.54, 1.807) is 6.92 Å². The molecule has 100 valence electrons. The number of nitrogens with zero attached hydrogens (tertiary/aromatic N) is 1. The van der Waals surface area contributed by atoms with Crippen LogP contribution in [0.3, 0.4) is 0 Å². The summed E-state index contributed by atoms with van der Waals surface area (Å²) >= 11 is 1.06. The van der Waals surface area contributed by atoms with Crippen molar-refractivity contribution in [2.45, 2.75) is 25.8 Å². The first kappa shape index (κ1) is 13.3. The first-order chi connectivity index (χ1) is 8.39. The fraction of sp³-hybridized carbons (Fsp3) is 0.600.